The third kappa shape index (κ3) is 29.6. The van der Waals surface area contributed by atoms with Crippen molar-refractivity contribution >= 4 is 11.9 Å². The summed E-state index contributed by atoms with van der Waals surface area (Å²) in [6.07, 6.45) is 45.3. The molecule has 0 bridgehead atoms. The van der Waals surface area contributed by atoms with E-state index in [1.165, 1.54) is 138 Å². The second kappa shape index (κ2) is 37.0. The molecular weight excluding hydrogens is 875 g/mol. The number of carbonyl (C=O) groups excluding carboxylic acids is 2. The molecule has 0 aromatic heterocycles. The molecule has 2 unspecified atom stereocenters. The van der Waals surface area contributed by atoms with Crippen molar-refractivity contribution in [3.8, 4) is 11.5 Å². The van der Waals surface area contributed by atoms with Gasteiger partial charge in [-0.2, -0.15) is 0 Å². The van der Waals surface area contributed by atoms with Gasteiger partial charge in [0, 0.05) is 18.4 Å². The Morgan fingerprint density at radius 3 is 1.65 bits per heavy atom. The number of hydrogen-bond acceptors (Lipinski definition) is 5. The van der Waals surface area contributed by atoms with Crippen LogP contribution in [0.4, 0.5) is 0 Å². The zero-order valence-corrected chi connectivity index (χ0v) is 49.1. The monoisotopic (exact) mass is 989 g/mol. The number of carbonyl (C=O) groups is 2. The van der Waals surface area contributed by atoms with Crippen molar-refractivity contribution in [2.45, 2.75) is 299 Å². The van der Waals surface area contributed by atoms with E-state index in [-0.39, 0.29) is 23.6 Å². The van der Waals surface area contributed by atoms with Crippen LogP contribution in [0.15, 0.2) is 34.9 Å². The third-order valence-electron chi connectivity index (χ3n) is 15.6. The van der Waals surface area contributed by atoms with Crippen molar-refractivity contribution in [2.24, 2.45) is 5.92 Å². The van der Waals surface area contributed by atoms with E-state index in [1.54, 1.807) is 0 Å². The standard InChI is InChI=1S/C65H114NO5/c1-14-16-18-20-22-29-43-59(44-30-23-21-19-17-15-2)69-61(67)45-31-25-24-27-41-58(48-51-66(11,12)13)42-28-26-32-46-62(68)70-63-55(7)56(8)64-60(57(63)9)47-50-65(10,71-64)49-35-40-54(6)39-34-38-53(5)37-33-36-52(3)4/h36,38,40,58-59H,14-35,37,39,41-51H2,1-13H3/q+1/b53-38+,54-40+. The molecule has 2 rings (SSSR count). The second-order valence-corrected chi connectivity index (χ2v) is 24.0. The van der Waals surface area contributed by atoms with Gasteiger partial charge >= 0.3 is 11.9 Å². The second-order valence-electron chi connectivity index (χ2n) is 24.0. The quantitative estimate of drug-likeness (QED) is 0.0215. The predicted molar refractivity (Wildman–Crippen MR) is 306 cm³/mol. The molecule has 0 saturated heterocycles. The lowest BCUT2D eigenvalue weighted by molar-refractivity contribution is -0.871. The molecular formula is C65H114NO5+. The number of hydrogen-bond donors (Lipinski definition) is 0. The number of benzene rings is 1. The van der Waals surface area contributed by atoms with Gasteiger partial charge in [-0.25, -0.2) is 0 Å². The van der Waals surface area contributed by atoms with Gasteiger partial charge in [0.2, 0.25) is 0 Å². The Kier molecular flexibility index (Phi) is 33.5. The van der Waals surface area contributed by atoms with Crippen molar-refractivity contribution in [1.29, 1.82) is 0 Å². The molecule has 6 heteroatoms. The first-order valence-corrected chi connectivity index (χ1v) is 29.8. The van der Waals surface area contributed by atoms with Crippen LogP contribution in [0.2, 0.25) is 0 Å². The fourth-order valence-corrected chi connectivity index (χ4v) is 10.5. The van der Waals surface area contributed by atoms with Gasteiger partial charge < -0.3 is 18.7 Å². The van der Waals surface area contributed by atoms with E-state index in [0.717, 1.165) is 129 Å². The first-order valence-electron chi connectivity index (χ1n) is 29.8. The molecule has 0 N–H and O–H groups in total. The average molecular weight is 990 g/mol. The Morgan fingerprint density at radius 2 is 1.08 bits per heavy atom. The van der Waals surface area contributed by atoms with Gasteiger partial charge in [-0.05, 0) is 174 Å². The molecule has 0 fully saturated rings. The summed E-state index contributed by atoms with van der Waals surface area (Å²) in [5, 5.41) is 0. The normalized spacial score (nSPS) is 15.7. The number of rotatable bonds is 41. The molecule has 1 aromatic rings. The van der Waals surface area contributed by atoms with Gasteiger partial charge in [-0.3, -0.25) is 9.59 Å². The molecule has 0 saturated carbocycles. The number of esters is 2. The highest BCUT2D eigenvalue weighted by Gasteiger charge is 2.34. The SMILES string of the molecule is CCCCCCCCC(CCCCCCCC)OC(=O)CCCCCCC(CCCCCC(=O)Oc1c(C)c(C)c2c(c1C)CCC(C)(CC/C=C(\C)CC/C=C(\C)CCC=C(C)C)O2)CC[N+](C)(C)C. The van der Waals surface area contributed by atoms with Crippen molar-refractivity contribution in [3.63, 3.8) is 0 Å². The van der Waals surface area contributed by atoms with Gasteiger partial charge in [0.15, 0.2) is 0 Å². The zero-order valence-electron chi connectivity index (χ0n) is 49.1. The fourth-order valence-electron chi connectivity index (χ4n) is 10.5. The van der Waals surface area contributed by atoms with E-state index in [0.29, 0.717) is 18.8 Å². The van der Waals surface area contributed by atoms with Gasteiger partial charge in [-0.1, -0.05) is 158 Å². The van der Waals surface area contributed by atoms with Gasteiger partial charge in [-0.15, -0.1) is 0 Å². The first-order chi connectivity index (χ1) is 33.9. The lowest BCUT2D eigenvalue weighted by Crippen LogP contribution is -2.37. The van der Waals surface area contributed by atoms with Crippen LogP contribution in [0.5, 0.6) is 11.5 Å². The van der Waals surface area contributed by atoms with Gasteiger partial charge in [0.1, 0.15) is 23.2 Å². The number of ether oxygens (including phenoxy) is 3. The van der Waals surface area contributed by atoms with Crippen LogP contribution in [0, 0.1) is 26.7 Å². The van der Waals surface area contributed by atoms with Crippen molar-refractivity contribution in [3.05, 3.63) is 57.2 Å². The molecule has 1 aliphatic heterocycles. The smallest absolute Gasteiger partial charge is 0.311 e. The Labute approximate surface area is 440 Å². The summed E-state index contributed by atoms with van der Waals surface area (Å²) < 4.78 is 20.2. The summed E-state index contributed by atoms with van der Waals surface area (Å²) >= 11 is 0. The Balaban J connectivity index is 1.80. The Bertz CT molecular complexity index is 1710. The number of fused-ring (bicyclic) bond motifs is 1. The highest BCUT2D eigenvalue weighted by Crippen LogP contribution is 2.45. The molecule has 408 valence electrons. The lowest BCUT2D eigenvalue weighted by atomic mass is 9.85. The maximum absolute atomic E-state index is 13.3. The van der Waals surface area contributed by atoms with Crippen LogP contribution in [0.3, 0.4) is 0 Å². The minimum Gasteiger partial charge on any atom is -0.487 e. The lowest BCUT2D eigenvalue weighted by Gasteiger charge is -2.38. The van der Waals surface area contributed by atoms with E-state index in [4.69, 9.17) is 14.2 Å². The summed E-state index contributed by atoms with van der Waals surface area (Å²) in [6, 6.07) is 0. The summed E-state index contributed by atoms with van der Waals surface area (Å²) in [6.45, 7) is 23.2. The van der Waals surface area contributed by atoms with E-state index < -0.39 is 0 Å². The van der Waals surface area contributed by atoms with Crippen molar-refractivity contribution in [2.75, 3.05) is 27.7 Å². The Hall–Kier alpha value is -2.86. The molecule has 0 spiro atoms. The number of quaternary nitrogens is 1. The molecule has 1 heterocycles. The van der Waals surface area contributed by atoms with Gasteiger partial charge in [0.05, 0.1) is 27.7 Å². The topological polar surface area (TPSA) is 61.8 Å². The number of nitrogens with zero attached hydrogens (tertiary/aromatic N) is 1. The van der Waals surface area contributed by atoms with E-state index in [9.17, 15) is 9.59 Å². The highest BCUT2D eigenvalue weighted by molar-refractivity contribution is 5.74. The maximum atomic E-state index is 13.3. The minimum absolute atomic E-state index is 0.0258. The van der Waals surface area contributed by atoms with Crippen LogP contribution in [0.25, 0.3) is 0 Å². The molecule has 1 aromatic carbocycles. The summed E-state index contributed by atoms with van der Waals surface area (Å²) in [4.78, 5) is 26.3. The minimum atomic E-state index is -0.210. The molecule has 1 aliphatic rings. The number of allylic oxidation sites excluding steroid dienone is 6. The number of unbranched alkanes of at least 4 members (excludes halogenated alkanes) is 15. The molecule has 0 amide bonds. The van der Waals surface area contributed by atoms with Gasteiger partial charge in [0.25, 0.3) is 0 Å². The first kappa shape index (κ1) is 64.3. The van der Waals surface area contributed by atoms with Crippen LogP contribution < -0.4 is 9.47 Å². The molecule has 71 heavy (non-hydrogen) atoms. The maximum Gasteiger partial charge on any atom is 0.311 e. The third-order valence-corrected chi connectivity index (χ3v) is 15.6. The van der Waals surface area contributed by atoms with E-state index >= 15 is 0 Å². The Morgan fingerprint density at radius 1 is 0.592 bits per heavy atom. The molecule has 0 radical (unpaired) electrons. The summed E-state index contributed by atoms with van der Waals surface area (Å²) in [5.41, 5.74) is 8.52. The van der Waals surface area contributed by atoms with Crippen LogP contribution in [-0.2, 0) is 20.7 Å². The van der Waals surface area contributed by atoms with Crippen LogP contribution in [-0.4, -0.2) is 55.8 Å². The zero-order chi connectivity index (χ0) is 52.5. The average Bonchev–Trinajstić information content (AvgIpc) is 3.31. The predicted octanol–water partition coefficient (Wildman–Crippen LogP) is 19.2. The largest absolute Gasteiger partial charge is 0.487 e. The molecule has 6 nitrogen and oxygen atoms in total. The van der Waals surface area contributed by atoms with E-state index in [2.05, 4.69) is 109 Å². The summed E-state index contributed by atoms with van der Waals surface area (Å²) in [7, 11) is 6.88. The van der Waals surface area contributed by atoms with Crippen LogP contribution in [0.1, 0.15) is 283 Å². The molecule has 0 aliphatic carbocycles. The summed E-state index contributed by atoms with van der Waals surface area (Å²) in [5.74, 6) is 2.35. The fraction of sp³-hybridized carbons (Fsp3) is 0.785. The highest BCUT2D eigenvalue weighted by atomic mass is 16.5. The molecule has 2 atom stereocenters. The van der Waals surface area contributed by atoms with E-state index in [1.807, 2.05) is 0 Å². The van der Waals surface area contributed by atoms with Crippen molar-refractivity contribution in [1.82, 2.24) is 0 Å². The van der Waals surface area contributed by atoms with Crippen molar-refractivity contribution < 1.29 is 28.3 Å². The van der Waals surface area contributed by atoms with Crippen LogP contribution >= 0.6 is 0 Å².